The van der Waals surface area contributed by atoms with Gasteiger partial charge >= 0.3 is 0 Å². The highest BCUT2D eigenvalue weighted by atomic mass is 16.2. The fourth-order valence-electron chi connectivity index (χ4n) is 3.18. The van der Waals surface area contributed by atoms with Crippen molar-refractivity contribution in [2.75, 3.05) is 25.5 Å². The highest BCUT2D eigenvalue weighted by molar-refractivity contribution is 5.98. The summed E-state index contributed by atoms with van der Waals surface area (Å²) in [5, 5.41) is 2.97. The van der Waals surface area contributed by atoms with Crippen molar-refractivity contribution in [2.24, 2.45) is 7.05 Å². The van der Waals surface area contributed by atoms with Gasteiger partial charge in [0, 0.05) is 45.6 Å². The van der Waals surface area contributed by atoms with Crippen molar-refractivity contribution in [1.29, 1.82) is 0 Å². The summed E-state index contributed by atoms with van der Waals surface area (Å²) in [5.74, 6) is 0.951. The first-order chi connectivity index (χ1) is 11.6. The van der Waals surface area contributed by atoms with E-state index in [1.54, 1.807) is 43.1 Å². The SMILES string of the molecule is CNc1ncccc1C(=O)N1CCC(c2ccn(C)c(=O)c2)CC1. The molecule has 0 radical (unpaired) electrons. The topological polar surface area (TPSA) is 67.2 Å². The quantitative estimate of drug-likeness (QED) is 0.934. The number of rotatable bonds is 3. The van der Waals surface area contributed by atoms with E-state index in [0.717, 1.165) is 18.4 Å². The number of nitrogens with one attached hydrogen (secondary N) is 1. The van der Waals surface area contributed by atoms with Crippen LogP contribution in [-0.4, -0.2) is 40.5 Å². The van der Waals surface area contributed by atoms with E-state index in [2.05, 4.69) is 10.3 Å². The third-order valence-corrected chi connectivity index (χ3v) is 4.66. The number of likely N-dealkylation sites (tertiary alicyclic amines) is 1. The van der Waals surface area contributed by atoms with Gasteiger partial charge in [0.2, 0.25) is 0 Å². The van der Waals surface area contributed by atoms with Crippen LogP contribution in [0.3, 0.4) is 0 Å². The lowest BCUT2D eigenvalue weighted by Crippen LogP contribution is -2.38. The number of hydrogen-bond donors (Lipinski definition) is 1. The van der Waals surface area contributed by atoms with Crippen molar-refractivity contribution in [2.45, 2.75) is 18.8 Å². The molecule has 0 bridgehead atoms. The van der Waals surface area contributed by atoms with Gasteiger partial charge in [0.15, 0.2) is 0 Å². The molecule has 1 amide bonds. The Kier molecular flexibility index (Phi) is 4.64. The van der Waals surface area contributed by atoms with Gasteiger partial charge < -0.3 is 14.8 Å². The molecule has 6 heteroatoms. The van der Waals surface area contributed by atoms with Crippen molar-refractivity contribution in [3.63, 3.8) is 0 Å². The first kappa shape index (κ1) is 16.2. The molecule has 1 N–H and O–H groups in total. The number of aromatic nitrogens is 2. The standard InChI is InChI=1S/C18H22N4O2/c1-19-17-15(4-3-8-20-17)18(24)22-10-6-13(7-11-22)14-5-9-21(2)16(23)12-14/h3-5,8-9,12-13H,6-7,10-11H2,1-2H3,(H,19,20). The summed E-state index contributed by atoms with van der Waals surface area (Å²) in [6, 6.07) is 7.29. The van der Waals surface area contributed by atoms with Crippen LogP contribution >= 0.6 is 0 Å². The van der Waals surface area contributed by atoms with Crippen LogP contribution in [0.15, 0.2) is 41.5 Å². The van der Waals surface area contributed by atoms with Gasteiger partial charge in [0.1, 0.15) is 5.82 Å². The smallest absolute Gasteiger partial charge is 0.257 e. The molecule has 0 saturated carbocycles. The Bertz CT molecular complexity index is 792. The van der Waals surface area contributed by atoms with Crippen LogP contribution < -0.4 is 10.9 Å². The summed E-state index contributed by atoms with van der Waals surface area (Å²) < 4.78 is 1.57. The number of nitrogens with zero attached hydrogens (tertiary/aromatic N) is 3. The summed E-state index contributed by atoms with van der Waals surface area (Å²) in [7, 11) is 3.52. The first-order valence-electron chi connectivity index (χ1n) is 8.19. The second-order valence-electron chi connectivity index (χ2n) is 6.13. The summed E-state index contributed by atoms with van der Waals surface area (Å²) in [4.78, 5) is 30.6. The Morgan fingerprint density at radius 2 is 2.04 bits per heavy atom. The molecule has 1 saturated heterocycles. The Morgan fingerprint density at radius 1 is 1.29 bits per heavy atom. The van der Waals surface area contributed by atoms with E-state index in [1.165, 1.54) is 0 Å². The van der Waals surface area contributed by atoms with Crippen LogP contribution in [0.1, 0.15) is 34.7 Å². The minimum absolute atomic E-state index is 0.00914. The van der Waals surface area contributed by atoms with Crippen LogP contribution in [0.2, 0.25) is 0 Å². The van der Waals surface area contributed by atoms with Crippen LogP contribution in [0, 0.1) is 0 Å². The molecule has 126 valence electrons. The van der Waals surface area contributed by atoms with Gasteiger partial charge in [-0.1, -0.05) is 0 Å². The van der Waals surface area contributed by atoms with Crippen LogP contribution in [0.4, 0.5) is 5.82 Å². The predicted octanol–water partition coefficient (Wildman–Crippen LogP) is 1.84. The summed E-state index contributed by atoms with van der Waals surface area (Å²) in [6.45, 7) is 1.38. The number of amides is 1. The second-order valence-corrected chi connectivity index (χ2v) is 6.13. The van der Waals surface area contributed by atoms with E-state index in [1.807, 2.05) is 17.2 Å². The highest BCUT2D eigenvalue weighted by Gasteiger charge is 2.26. The predicted molar refractivity (Wildman–Crippen MR) is 93.3 cm³/mol. The minimum Gasteiger partial charge on any atom is -0.372 e. The van der Waals surface area contributed by atoms with Crippen molar-refractivity contribution < 1.29 is 4.79 Å². The number of aryl methyl sites for hydroxylation is 1. The molecule has 1 aliphatic rings. The Hall–Kier alpha value is -2.63. The average molecular weight is 326 g/mol. The fourth-order valence-corrected chi connectivity index (χ4v) is 3.18. The van der Waals surface area contributed by atoms with Crippen molar-refractivity contribution in [3.05, 3.63) is 58.1 Å². The van der Waals surface area contributed by atoms with E-state index in [4.69, 9.17) is 0 Å². The van der Waals surface area contributed by atoms with Gasteiger partial charge in [-0.25, -0.2) is 4.98 Å². The van der Waals surface area contributed by atoms with E-state index in [-0.39, 0.29) is 11.5 Å². The zero-order valence-electron chi connectivity index (χ0n) is 14.0. The maximum absolute atomic E-state index is 12.7. The molecule has 3 rings (SSSR count). The van der Waals surface area contributed by atoms with Crippen molar-refractivity contribution in [1.82, 2.24) is 14.5 Å². The van der Waals surface area contributed by atoms with Crippen molar-refractivity contribution in [3.8, 4) is 0 Å². The summed E-state index contributed by atoms with van der Waals surface area (Å²) >= 11 is 0. The molecule has 3 heterocycles. The molecule has 0 spiro atoms. The maximum atomic E-state index is 12.7. The van der Waals surface area contributed by atoms with Gasteiger partial charge in [-0.15, -0.1) is 0 Å². The van der Waals surface area contributed by atoms with Gasteiger partial charge in [0.25, 0.3) is 11.5 Å². The van der Waals surface area contributed by atoms with Crippen LogP contribution in [0.25, 0.3) is 0 Å². The lowest BCUT2D eigenvalue weighted by Gasteiger charge is -2.32. The maximum Gasteiger partial charge on any atom is 0.257 e. The molecule has 0 aromatic carbocycles. The van der Waals surface area contributed by atoms with E-state index < -0.39 is 0 Å². The average Bonchev–Trinajstić information content (AvgIpc) is 2.63. The largest absolute Gasteiger partial charge is 0.372 e. The van der Waals surface area contributed by atoms with Crippen LogP contribution in [0.5, 0.6) is 0 Å². The number of carbonyl (C=O) groups excluding carboxylic acids is 1. The number of pyridine rings is 2. The van der Waals surface area contributed by atoms with Gasteiger partial charge in [0.05, 0.1) is 5.56 Å². The molecule has 0 unspecified atom stereocenters. The zero-order chi connectivity index (χ0) is 17.1. The Balaban J connectivity index is 1.69. The lowest BCUT2D eigenvalue weighted by atomic mass is 9.90. The molecule has 2 aromatic heterocycles. The molecule has 1 aliphatic heterocycles. The molecule has 24 heavy (non-hydrogen) atoms. The Morgan fingerprint density at radius 3 is 2.71 bits per heavy atom. The Labute approximate surface area is 141 Å². The van der Waals surface area contributed by atoms with Crippen LogP contribution in [-0.2, 0) is 7.05 Å². The molecule has 1 fully saturated rings. The third kappa shape index (κ3) is 3.18. The summed E-state index contributed by atoms with van der Waals surface area (Å²) in [5.41, 5.74) is 1.69. The molecular formula is C18H22N4O2. The van der Waals surface area contributed by atoms with Gasteiger partial charge in [-0.3, -0.25) is 9.59 Å². The zero-order valence-corrected chi connectivity index (χ0v) is 14.0. The van der Waals surface area contributed by atoms with E-state index >= 15 is 0 Å². The molecule has 0 atom stereocenters. The second kappa shape index (κ2) is 6.86. The van der Waals surface area contributed by atoms with Gasteiger partial charge in [-0.2, -0.15) is 0 Å². The van der Waals surface area contributed by atoms with E-state index in [0.29, 0.717) is 30.4 Å². The van der Waals surface area contributed by atoms with Crippen molar-refractivity contribution >= 4 is 11.7 Å². The molecular weight excluding hydrogens is 304 g/mol. The molecule has 2 aromatic rings. The fraction of sp³-hybridized carbons (Fsp3) is 0.389. The number of carbonyl (C=O) groups is 1. The first-order valence-corrected chi connectivity index (χ1v) is 8.19. The van der Waals surface area contributed by atoms with E-state index in [9.17, 15) is 9.59 Å². The number of piperidine rings is 1. The lowest BCUT2D eigenvalue weighted by molar-refractivity contribution is 0.0713. The minimum atomic E-state index is 0.00914. The monoisotopic (exact) mass is 326 g/mol. The number of anilines is 1. The summed E-state index contributed by atoms with van der Waals surface area (Å²) in [6.07, 6.45) is 5.22. The molecule has 6 nitrogen and oxygen atoms in total. The highest BCUT2D eigenvalue weighted by Crippen LogP contribution is 2.28. The molecule has 0 aliphatic carbocycles. The van der Waals surface area contributed by atoms with Gasteiger partial charge in [-0.05, 0) is 42.5 Å². The third-order valence-electron chi connectivity index (χ3n) is 4.66. The normalized spacial score (nSPS) is 15.3. The number of hydrogen-bond acceptors (Lipinski definition) is 4.